The maximum Gasteiger partial charge on any atom is 0.236 e. The highest BCUT2D eigenvalue weighted by molar-refractivity contribution is 7.22. The number of allylic oxidation sites excluding steroid dienone is 3. The number of nitrogens with zero attached hydrogens (tertiary/aromatic N) is 3. The lowest BCUT2D eigenvalue weighted by Crippen LogP contribution is -2.29. The average molecular weight is 690 g/mol. The van der Waals surface area contributed by atoms with Gasteiger partial charge in [-0.15, -0.1) is 11.3 Å². The number of benzene rings is 1. The van der Waals surface area contributed by atoms with Crippen LogP contribution in [0.2, 0.25) is 0 Å². The van der Waals surface area contributed by atoms with E-state index >= 15 is 4.39 Å². The summed E-state index contributed by atoms with van der Waals surface area (Å²) >= 11 is 1.44. The van der Waals surface area contributed by atoms with Crippen molar-refractivity contribution in [2.24, 2.45) is 0 Å². The number of halogens is 1. The summed E-state index contributed by atoms with van der Waals surface area (Å²) in [4.78, 5) is 36.2. The zero-order valence-electron chi connectivity index (χ0n) is 27.6. The van der Waals surface area contributed by atoms with Gasteiger partial charge in [0.15, 0.2) is 11.6 Å². The van der Waals surface area contributed by atoms with Crippen LogP contribution in [-0.2, 0) is 30.3 Å². The fraction of sp³-hybridized carbons (Fsp3) is 0.278. The summed E-state index contributed by atoms with van der Waals surface area (Å²) in [7, 11) is 3.17. The molecule has 2 N–H and O–H groups in total. The third kappa shape index (κ3) is 11.1. The molecule has 0 fully saturated rings. The molecule has 2 amide bonds. The Balaban J connectivity index is 1.31. The number of likely N-dealkylation sites (N-methyl/N-ethyl adjacent to an activating group) is 1. The van der Waals surface area contributed by atoms with Gasteiger partial charge in [0.25, 0.3) is 0 Å². The molecule has 13 heteroatoms. The summed E-state index contributed by atoms with van der Waals surface area (Å²) in [5.41, 5.74) is 3.19. The van der Waals surface area contributed by atoms with Crippen LogP contribution in [0.15, 0.2) is 91.9 Å². The molecule has 0 radical (unpaired) electrons. The van der Waals surface area contributed by atoms with Crippen molar-refractivity contribution >= 4 is 39.1 Å². The molecule has 3 heterocycles. The van der Waals surface area contributed by atoms with Gasteiger partial charge in [0.1, 0.15) is 12.2 Å². The Morgan fingerprint density at radius 2 is 1.80 bits per heavy atom. The number of hydrogen-bond acceptors (Lipinski definition) is 10. The van der Waals surface area contributed by atoms with Crippen LogP contribution in [0, 0.1) is 5.82 Å². The van der Waals surface area contributed by atoms with E-state index in [0.29, 0.717) is 63.1 Å². The highest BCUT2D eigenvalue weighted by atomic mass is 32.1. The molecule has 1 aromatic carbocycles. The second-order valence-corrected chi connectivity index (χ2v) is 11.6. The second-order valence-electron chi connectivity index (χ2n) is 10.5. The van der Waals surface area contributed by atoms with Crippen LogP contribution in [0.25, 0.3) is 20.8 Å². The fourth-order valence-corrected chi connectivity index (χ4v) is 5.50. The van der Waals surface area contributed by atoms with Crippen molar-refractivity contribution in [3.63, 3.8) is 0 Å². The predicted molar refractivity (Wildman–Crippen MR) is 189 cm³/mol. The van der Waals surface area contributed by atoms with Gasteiger partial charge in [-0.05, 0) is 42.0 Å². The molecule has 4 aromatic rings. The van der Waals surface area contributed by atoms with E-state index in [1.165, 1.54) is 47.6 Å². The second kappa shape index (κ2) is 19.3. The molecule has 0 spiro atoms. The Kier molecular flexibility index (Phi) is 14.6. The van der Waals surface area contributed by atoms with Crippen molar-refractivity contribution in [2.45, 2.75) is 13.0 Å². The number of amides is 2. The summed E-state index contributed by atoms with van der Waals surface area (Å²) in [6, 6.07) is 11.6. The summed E-state index contributed by atoms with van der Waals surface area (Å²) in [6.07, 6.45) is 7.58. The number of carbonyl (C=O) groups excluding carboxylic acids is 2. The number of hydrogen-bond donors (Lipinski definition) is 2. The molecule has 0 atom stereocenters. The maximum atomic E-state index is 15.1. The zero-order valence-corrected chi connectivity index (χ0v) is 28.4. The van der Waals surface area contributed by atoms with Crippen molar-refractivity contribution in [3.8, 4) is 22.1 Å². The van der Waals surface area contributed by atoms with E-state index in [0.717, 1.165) is 26.9 Å². The SMILES string of the molecule is C=C/C=C(\C=C)N(C)C(=O)CC(=O)Nc1ccc(Oc2ccnc3cc(-c4ccc(CNCCOCCOCCOC)cn4)sc23)c(F)c1. The number of ether oxygens (including phenoxy) is 4. The first-order chi connectivity index (χ1) is 23.8. The standard InChI is InChI=1S/C36H40FN5O6S/c1-5-7-27(6-2)42(3)35(44)22-34(43)41-26-9-11-31(28(37)20-26)48-32-12-13-39-30-21-33(49-36(30)32)29-10-8-25(24-40-29)23-38-14-15-46-18-19-47-17-16-45-4/h5-13,20-21,24,38H,1-2,14-19,22-23H2,3-4H3,(H,41,43)/b27-7+. The molecule has 0 aliphatic rings. The van der Waals surface area contributed by atoms with Gasteiger partial charge in [0, 0.05) is 63.2 Å². The number of fused-ring (bicyclic) bond motifs is 1. The quantitative estimate of drug-likeness (QED) is 0.0644. The van der Waals surface area contributed by atoms with Gasteiger partial charge in [-0.2, -0.15) is 0 Å². The van der Waals surface area contributed by atoms with E-state index in [1.807, 2.05) is 24.4 Å². The molecule has 3 aromatic heterocycles. The molecule has 0 unspecified atom stereocenters. The van der Waals surface area contributed by atoms with Crippen molar-refractivity contribution in [2.75, 3.05) is 59.1 Å². The lowest BCUT2D eigenvalue weighted by molar-refractivity contribution is -0.131. The largest absolute Gasteiger partial charge is 0.453 e. The molecule has 11 nitrogen and oxygen atoms in total. The van der Waals surface area contributed by atoms with Crippen LogP contribution in [-0.4, -0.2) is 80.4 Å². The van der Waals surface area contributed by atoms with E-state index in [-0.39, 0.29) is 11.4 Å². The summed E-state index contributed by atoms with van der Waals surface area (Å²) in [5, 5.41) is 5.89. The van der Waals surface area contributed by atoms with Crippen molar-refractivity contribution < 1.29 is 32.9 Å². The Bertz CT molecular complexity index is 1760. The minimum absolute atomic E-state index is 0.0303. The smallest absolute Gasteiger partial charge is 0.236 e. The van der Waals surface area contributed by atoms with Crippen LogP contribution >= 0.6 is 11.3 Å². The minimum Gasteiger partial charge on any atom is -0.453 e. The lowest BCUT2D eigenvalue weighted by atomic mass is 10.2. The van der Waals surface area contributed by atoms with Crippen molar-refractivity contribution in [1.29, 1.82) is 0 Å². The molecule has 0 aliphatic carbocycles. The van der Waals surface area contributed by atoms with Gasteiger partial charge >= 0.3 is 0 Å². The third-order valence-electron chi connectivity index (χ3n) is 7.02. The Morgan fingerprint density at radius 3 is 2.51 bits per heavy atom. The Labute approximate surface area is 289 Å². The van der Waals surface area contributed by atoms with Crippen LogP contribution in [0.5, 0.6) is 11.5 Å². The number of thiophene rings is 1. The number of nitrogens with one attached hydrogen (secondary N) is 2. The van der Waals surface area contributed by atoms with E-state index in [1.54, 1.807) is 25.4 Å². The maximum absolute atomic E-state index is 15.1. The molecule has 49 heavy (non-hydrogen) atoms. The molecule has 0 aliphatic heterocycles. The number of carbonyl (C=O) groups is 2. The third-order valence-corrected chi connectivity index (χ3v) is 8.18. The zero-order chi connectivity index (χ0) is 35.0. The van der Waals surface area contributed by atoms with Crippen LogP contribution in [0.3, 0.4) is 0 Å². The van der Waals surface area contributed by atoms with Gasteiger partial charge < -0.3 is 34.5 Å². The van der Waals surface area contributed by atoms with Crippen molar-refractivity contribution in [3.05, 3.63) is 103 Å². The van der Waals surface area contributed by atoms with Gasteiger partial charge in [0.2, 0.25) is 11.8 Å². The molecule has 0 saturated carbocycles. The average Bonchev–Trinajstić information content (AvgIpc) is 3.54. The summed E-state index contributed by atoms with van der Waals surface area (Å²) < 4.78 is 37.7. The van der Waals surface area contributed by atoms with Crippen LogP contribution in [0.1, 0.15) is 12.0 Å². The number of rotatable bonds is 20. The van der Waals surface area contributed by atoms with E-state index in [2.05, 4.69) is 33.8 Å². The monoisotopic (exact) mass is 689 g/mol. The molecule has 4 rings (SSSR count). The van der Waals surface area contributed by atoms with Gasteiger partial charge in [-0.25, -0.2) is 4.39 Å². The summed E-state index contributed by atoms with van der Waals surface area (Å²) in [5.74, 6) is -1.33. The number of anilines is 1. The topological polar surface area (TPSA) is 124 Å². The molecule has 0 bridgehead atoms. The number of pyridine rings is 2. The molecule has 258 valence electrons. The first kappa shape index (κ1) is 37.0. The van der Waals surface area contributed by atoms with Gasteiger partial charge in [-0.1, -0.05) is 25.3 Å². The number of aromatic nitrogens is 2. The normalized spacial score (nSPS) is 11.4. The summed E-state index contributed by atoms with van der Waals surface area (Å²) in [6.45, 7) is 11.4. The molecule has 0 saturated heterocycles. The predicted octanol–water partition coefficient (Wildman–Crippen LogP) is 6.10. The minimum atomic E-state index is -0.685. The van der Waals surface area contributed by atoms with Gasteiger partial charge in [0.05, 0.1) is 53.8 Å². The first-order valence-corrected chi connectivity index (χ1v) is 16.3. The fourth-order valence-electron chi connectivity index (χ4n) is 4.46. The van der Waals surface area contributed by atoms with Crippen LogP contribution in [0.4, 0.5) is 10.1 Å². The van der Waals surface area contributed by atoms with Gasteiger partial charge in [-0.3, -0.25) is 19.6 Å². The lowest BCUT2D eigenvalue weighted by Gasteiger charge is -2.18. The number of methoxy groups -OCH3 is 1. The van der Waals surface area contributed by atoms with Crippen LogP contribution < -0.4 is 15.4 Å². The molecular weight excluding hydrogens is 649 g/mol. The van der Waals surface area contributed by atoms with E-state index < -0.39 is 24.1 Å². The van der Waals surface area contributed by atoms with E-state index in [4.69, 9.17) is 18.9 Å². The Morgan fingerprint density at radius 1 is 1.00 bits per heavy atom. The van der Waals surface area contributed by atoms with Crippen molar-refractivity contribution in [1.82, 2.24) is 20.2 Å². The highest BCUT2D eigenvalue weighted by Crippen LogP contribution is 2.39. The molecular formula is C36H40FN5O6S. The highest BCUT2D eigenvalue weighted by Gasteiger charge is 2.18. The van der Waals surface area contributed by atoms with E-state index in [9.17, 15) is 9.59 Å². The Hall–Kier alpha value is -4.79. The first-order valence-electron chi connectivity index (χ1n) is 15.5.